The van der Waals surface area contributed by atoms with Crippen LogP contribution in [0.4, 0.5) is 0 Å². The van der Waals surface area contributed by atoms with Crippen LogP contribution in [0.1, 0.15) is 31.0 Å². The highest BCUT2D eigenvalue weighted by Gasteiger charge is 2.14. The molecule has 0 saturated carbocycles. The monoisotopic (exact) mass is 250 g/mol. The van der Waals surface area contributed by atoms with E-state index in [2.05, 4.69) is 63.3 Å². The molecule has 0 aliphatic heterocycles. The first-order valence-electron chi connectivity index (χ1n) is 6.54. The molecule has 0 fully saturated rings. The summed E-state index contributed by atoms with van der Waals surface area (Å²) in [5, 5.41) is 3.24. The van der Waals surface area contributed by atoms with Crippen LogP contribution in [0.25, 0.3) is 0 Å². The molecule has 0 aliphatic carbocycles. The summed E-state index contributed by atoms with van der Waals surface area (Å²) in [5.41, 5.74) is 2.52. The van der Waals surface area contributed by atoms with Crippen molar-refractivity contribution in [3.05, 3.63) is 29.3 Å². The van der Waals surface area contributed by atoms with E-state index in [1.165, 1.54) is 11.1 Å². The minimum absolute atomic E-state index is 0.219. The van der Waals surface area contributed by atoms with Gasteiger partial charge in [0, 0.05) is 12.6 Å². The molecule has 0 heterocycles. The Hall–Kier alpha value is -1.06. The fourth-order valence-corrected chi connectivity index (χ4v) is 2.06. The van der Waals surface area contributed by atoms with E-state index in [-0.39, 0.29) is 6.10 Å². The van der Waals surface area contributed by atoms with Gasteiger partial charge in [-0.1, -0.05) is 12.1 Å². The topological polar surface area (TPSA) is 24.5 Å². The van der Waals surface area contributed by atoms with E-state index in [9.17, 15) is 0 Å². The molecular formula is C15H26N2O. The largest absolute Gasteiger partial charge is 0.491 e. The lowest BCUT2D eigenvalue weighted by molar-refractivity contribution is 0.240. The molecule has 1 aromatic carbocycles. The second-order valence-corrected chi connectivity index (χ2v) is 5.23. The summed E-state index contributed by atoms with van der Waals surface area (Å²) < 4.78 is 5.77. The Morgan fingerprint density at radius 2 is 1.94 bits per heavy atom. The summed E-state index contributed by atoms with van der Waals surface area (Å²) in [6, 6.07) is 6.85. The molecule has 0 saturated heterocycles. The van der Waals surface area contributed by atoms with Crippen LogP contribution in [0.2, 0.25) is 0 Å². The maximum Gasteiger partial charge on any atom is 0.122 e. The quantitative estimate of drug-likeness (QED) is 0.840. The minimum atomic E-state index is 0.219. The Balaban J connectivity index is 2.94. The van der Waals surface area contributed by atoms with Crippen molar-refractivity contribution < 1.29 is 4.74 Å². The molecule has 0 bridgehead atoms. The molecule has 3 heteroatoms. The van der Waals surface area contributed by atoms with E-state index in [0.717, 1.165) is 12.3 Å². The number of likely N-dealkylation sites (N-methyl/N-ethyl adjacent to an activating group) is 2. The van der Waals surface area contributed by atoms with Gasteiger partial charge in [-0.05, 0) is 59.1 Å². The average Bonchev–Trinajstić information content (AvgIpc) is 2.28. The first kappa shape index (κ1) is 15.0. The van der Waals surface area contributed by atoms with E-state index in [1.807, 2.05) is 7.05 Å². The van der Waals surface area contributed by atoms with Crippen LogP contribution >= 0.6 is 0 Å². The van der Waals surface area contributed by atoms with Crippen molar-refractivity contribution in [3.8, 4) is 5.75 Å². The molecule has 0 aliphatic rings. The van der Waals surface area contributed by atoms with Gasteiger partial charge in [-0.2, -0.15) is 0 Å². The van der Waals surface area contributed by atoms with Crippen LogP contribution in [0.3, 0.4) is 0 Å². The molecule has 0 spiro atoms. The van der Waals surface area contributed by atoms with Crippen molar-refractivity contribution >= 4 is 0 Å². The van der Waals surface area contributed by atoms with Crippen molar-refractivity contribution in [1.29, 1.82) is 0 Å². The highest BCUT2D eigenvalue weighted by atomic mass is 16.5. The van der Waals surface area contributed by atoms with E-state index >= 15 is 0 Å². The maximum atomic E-state index is 5.77. The van der Waals surface area contributed by atoms with Crippen molar-refractivity contribution in [2.24, 2.45) is 0 Å². The van der Waals surface area contributed by atoms with Crippen molar-refractivity contribution in [1.82, 2.24) is 10.2 Å². The molecule has 0 radical (unpaired) electrons. The fourth-order valence-electron chi connectivity index (χ4n) is 2.06. The van der Waals surface area contributed by atoms with Gasteiger partial charge in [0.05, 0.1) is 6.10 Å². The van der Waals surface area contributed by atoms with Crippen LogP contribution < -0.4 is 10.1 Å². The van der Waals surface area contributed by atoms with Crippen molar-refractivity contribution in [3.63, 3.8) is 0 Å². The van der Waals surface area contributed by atoms with Gasteiger partial charge in [0.2, 0.25) is 0 Å². The number of hydrogen-bond donors (Lipinski definition) is 1. The Morgan fingerprint density at radius 1 is 1.28 bits per heavy atom. The summed E-state index contributed by atoms with van der Waals surface area (Å²) in [4.78, 5) is 2.23. The molecule has 0 amide bonds. The predicted molar refractivity (Wildman–Crippen MR) is 77.3 cm³/mol. The van der Waals surface area contributed by atoms with Gasteiger partial charge >= 0.3 is 0 Å². The number of nitrogens with zero attached hydrogens (tertiary/aromatic N) is 1. The molecular weight excluding hydrogens is 224 g/mol. The smallest absolute Gasteiger partial charge is 0.122 e. The first-order chi connectivity index (χ1) is 8.45. The van der Waals surface area contributed by atoms with Crippen LogP contribution in [0.5, 0.6) is 5.75 Å². The molecule has 1 aromatic rings. The van der Waals surface area contributed by atoms with Gasteiger partial charge in [0.15, 0.2) is 0 Å². The van der Waals surface area contributed by atoms with Crippen LogP contribution in [-0.4, -0.2) is 38.7 Å². The second kappa shape index (κ2) is 6.76. The predicted octanol–water partition coefficient (Wildman–Crippen LogP) is 2.60. The lowest BCUT2D eigenvalue weighted by atomic mass is 10.0. The standard InChI is InChI=1S/C15H26N2O/c1-11(2)18-15-8-7-13(9-12(15)3)14(10-16-4)17(5)6/h7-9,11,14,16H,10H2,1-6H3. The fraction of sp³-hybridized carbons (Fsp3) is 0.600. The summed E-state index contributed by atoms with van der Waals surface area (Å²) in [6.07, 6.45) is 0.219. The van der Waals surface area contributed by atoms with Crippen LogP contribution in [0, 0.1) is 6.92 Å². The SMILES string of the molecule is CNCC(c1ccc(OC(C)C)c(C)c1)N(C)C. The molecule has 1 N–H and O–H groups in total. The number of benzene rings is 1. The van der Waals surface area contributed by atoms with E-state index < -0.39 is 0 Å². The lowest BCUT2D eigenvalue weighted by Crippen LogP contribution is -2.29. The third kappa shape index (κ3) is 4.00. The zero-order valence-electron chi connectivity index (χ0n) is 12.4. The lowest BCUT2D eigenvalue weighted by Gasteiger charge is -2.25. The number of ether oxygens (including phenoxy) is 1. The second-order valence-electron chi connectivity index (χ2n) is 5.23. The molecule has 18 heavy (non-hydrogen) atoms. The minimum Gasteiger partial charge on any atom is -0.491 e. The average molecular weight is 250 g/mol. The first-order valence-corrected chi connectivity index (χ1v) is 6.54. The third-order valence-electron chi connectivity index (χ3n) is 2.97. The molecule has 102 valence electrons. The molecule has 1 unspecified atom stereocenters. The van der Waals surface area contributed by atoms with Gasteiger partial charge in [0.1, 0.15) is 5.75 Å². The van der Waals surface area contributed by atoms with E-state index in [1.54, 1.807) is 0 Å². The highest BCUT2D eigenvalue weighted by molar-refractivity contribution is 5.37. The molecule has 1 atom stereocenters. The maximum absolute atomic E-state index is 5.77. The molecule has 3 nitrogen and oxygen atoms in total. The van der Waals surface area contributed by atoms with Crippen LogP contribution in [0.15, 0.2) is 18.2 Å². The number of hydrogen-bond acceptors (Lipinski definition) is 3. The van der Waals surface area contributed by atoms with Crippen molar-refractivity contribution in [2.75, 3.05) is 27.7 Å². The van der Waals surface area contributed by atoms with Crippen molar-refractivity contribution in [2.45, 2.75) is 32.9 Å². The van der Waals surface area contributed by atoms with E-state index in [0.29, 0.717) is 6.04 Å². The Bertz CT molecular complexity index is 375. The number of aryl methyl sites for hydroxylation is 1. The highest BCUT2D eigenvalue weighted by Crippen LogP contribution is 2.25. The number of nitrogens with one attached hydrogen (secondary N) is 1. The van der Waals surface area contributed by atoms with Crippen LogP contribution in [-0.2, 0) is 0 Å². The summed E-state index contributed by atoms with van der Waals surface area (Å²) in [5.74, 6) is 0.982. The van der Waals surface area contributed by atoms with Gasteiger partial charge in [0.25, 0.3) is 0 Å². The zero-order chi connectivity index (χ0) is 13.7. The number of rotatable bonds is 6. The van der Waals surface area contributed by atoms with E-state index in [4.69, 9.17) is 4.74 Å². The Labute approximate surface area is 111 Å². The molecule has 0 aromatic heterocycles. The van der Waals surface area contributed by atoms with Gasteiger partial charge in [-0.3, -0.25) is 0 Å². The third-order valence-corrected chi connectivity index (χ3v) is 2.97. The summed E-state index contributed by atoms with van der Waals surface area (Å²) in [7, 11) is 6.20. The van der Waals surface area contributed by atoms with Gasteiger partial charge < -0.3 is 15.0 Å². The Kier molecular flexibility index (Phi) is 5.63. The van der Waals surface area contributed by atoms with Gasteiger partial charge in [-0.25, -0.2) is 0 Å². The summed E-state index contributed by atoms with van der Waals surface area (Å²) >= 11 is 0. The Morgan fingerprint density at radius 3 is 2.39 bits per heavy atom. The zero-order valence-corrected chi connectivity index (χ0v) is 12.4. The van der Waals surface area contributed by atoms with Gasteiger partial charge in [-0.15, -0.1) is 0 Å². The summed E-state index contributed by atoms with van der Waals surface area (Å²) in [6.45, 7) is 7.15. The normalized spacial score (nSPS) is 13.1. The molecule has 1 rings (SSSR count).